The second kappa shape index (κ2) is 7.03. The number of aryl methyl sites for hydroxylation is 1. The average molecular weight is 356 g/mol. The SMILES string of the molecule is Cc1nc(C2CCN(c3nccc(N4CC[C@H](O)C4)n3)CC2)cc(=O)[nH]1. The van der Waals surface area contributed by atoms with E-state index in [-0.39, 0.29) is 11.7 Å². The third kappa shape index (κ3) is 3.55. The minimum atomic E-state index is -0.269. The number of nitrogens with zero attached hydrogens (tertiary/aromatic N) is 5. The van der Waals surface area contributed by atoms with Crippen LogP contribution in [-0.4, -0.2) is 57.3 Å². The van der Waals surface area contributed by atoms with Crippen LogP contribution < -0.4 is 15.4 Å². The van der Waals surface area contributed by atoms with E-state index in [1.54, 1.807) is 12.3 Å². The molecule has 8 nitrogen and oxygen atoms in total. The van der Waals surface area contributed by atoms with Crippen molar-refractivity contribution in [2.75, 3.05) is 36.0 Å². The summed E-state index contributed by atoms with van der Waals surface area (Å²) in [6, 6.07) is 3.51. The van der Waals surface area contributed by atoms with Gasteiger partial charge in [-0.05, 0) is 32.3 Å². The van der Waals surface area contributed by atoms with Crippen LogP contribution in [0.25, 0.3) is 0 Å². The first-order valence-electron chi connectivity index (χ1n) is 9.17. The Balaban J connectivity index is 1.44. The van der Waals surface area contributed by atoms with Gasteiger partial charge in [0.2, 0.25) is 5.95 Å². The zero-order valence-corrected chi connectivity index (χ0v) is 14.9. The summed E-state index contributed by atoms with van der Waals surface area (Å²) in [6.45, 7) is 4.95. The Kier molecular flexibility index (Phi) is 4.58. The van der Waals surface area contributed by atoms with Gasteiger partial charge in [-0.15, -0.1) is 0 Å². The molecule has 26 heavy (non-hydrogen) atoms. The van der Waals surface area contributed by atoms with Crippen molar-refractivity contribution in [3.8, 4) is 0 Å². The average Bonchev–Trinajstić information content (AvgIpc) is 3.08. The molecule has 2 aliphatic heterocycles. The largest absolute Gasteiger partial charge is 0.391 e. The molecule has 4 heterocycles. The third-order valence-corrected chi connectivity index (χ3v) is 5.19. The molecule has 2 aromatic rings. The van der Waals surface area contributed by atoms with E-state index in [1.807, 2.05) is 13.0 Å². The highest BCUT2D eigenvalue weighted by molar-refractivity contribution is 5.45. The summed E-state index contributed by atoms with van der Waals surface area (Å²) in [7, 11) is 0. The lowest BCUT2D eigenvalue weighted by atomic mass is 9.93. The highest BCUT2D eigenvalue weighted by Gasteiger charge is 2.25. The fourth-order valence-corrected chi connectivity index (χ4v) is 3.80. The van der Waals surface area contributed by atoms with Crippen molar-refractivity contribution in [2.45, 2.75) is 38.2 Å². The molecule has 2 aromatic heterocycles. The number of aromatic nitrogens is 4. The zero-order chi connectivity index (χ0) is 18.1. The van der Waals surface area contributed by atoms with Crippen LogP contribution in [0.4, 0.5) is 11.8 Å². The van der Waals surface area contributed by atoms with Crippen LogP contribution in [0.15, 0.2) is 23.1 Å². The lowest BCUT2D eigenvalue weighted by molar-refractivity contribution is 0.198. The first-order valence-corrected chi connectivity index (χ1v) is 9.17. The molecule has 0 bridgehead atoms. The molecule has 2 aliphatic rings. The minimum Gasteiger partial charge on any atom is -0.391 e. The number of anilines is 2. The first-order chi connectivity index (χ1) is 12.6. The fourth-order valence-electron chi connectivity index (χ4n) is 3.80. The van der Waals surface area contributed by atoms with Crippen molar-refractivity contribution >= 4 is 11.8 Å². The van der Waals surface area contributed by atoms with E-state index in [1.165, 1.54) is 0 Å². The number of aliphatic hydroxyl groups is 1. The maximum Gasteiger partial charge on any atom is 0.251 e. The van der Waals surface area contributed by atoms with Crippen LogP contribution in [0.3, 0.4) is 0 Å². The van der Waals surface area contributed by atoms with Crippen LogP contribution in [-0.2, 0) is 0 Å². The van der Waals surface area contributed by atoms with Gasteiger partial charge in [0.25, 0.3) is 5.56 Å². The maximum absolute atomic E-state index is 11.7. The second-order valence-corrected chi connectivity index (χ2v) is 7.12. The molecule has 0 unspecified atom stereocenters. The predicted octanol–water partition coefficient (Wildman–Crippen LogP) is 0.823. The van der Waals surface area contributed by atoms with E-state index >= 15 is 0 Å². The van der Waals surface area contributed by atoms with Crippen molar-refractivity contribution in [3.63, 3.8) is 0 Å². The van der Waals surface area contributed by atoms with Gasteiger partial charge in [0.1, 0.15) is 11.6 Å². The van der Waals surface area contributed by atoms with Crippen molar-refractivity contribution in [3.05, 3.63) is 40.2 Å². The molecule has 4 rings (SSSR count). The Labute approximate surface area is 151 Å². The van der Waals surface area contributed by atoms with Gasteiger partial charge >= 0.3 is 0 Å². The maximum atomic E-state index is 11.7. The molecule has 0 aliphatic carbocycles. The number of β-amino-alcohol motifs (C(OH)–C–C–N with tert-alkyl or cyclic N) is 1. The molecule has 8 heteroatoms. The first kappa shape index (κ1) is 17.0. The molecule has 138 valence electrons. The van der Waals surface area contributed by atoms with Crippen molar-refractivity contribution in [1.29, 1.82) is 0 Å². The van der Waals surface area contributed by atoms with Gasteiger partial charge in [0.05, 0.1) is 11.8 Å². The molecule has 1 atom stereocenters. The van der Waals surface area contributed by atoms with Crippen LogP contribution in [0.2, 0.25) is 0 Å². The summed E-state index contributed by atoms with van der Waals surface area (Å²) < 4.78 is 0. The fraction of sp³-hybridized carbons (Fsp3) is 0.556. The number of hydrogen-bond donors (Lipinski definition) is 2. The quantitative estimate of drug-likeness (QED) is 0.840. The van der Waals surface area contributed by atoms with Crippen molar-refractivity contribution in [1.82, 2.24) is 19.9 Å². The normalized spacial score (nSPS) is 21.4. The molecule has 2 fully saturated rings. The molecule has 2 saturated heterocycles. The molecule has 2 N–H and O–H groups in total. The van der Waals surface area contributed by atoms with Gasteiger partial charge in [0.15, 0.2) is 0 Å². The Morgan fingerprint density at radius 1 is 1.15 bits per heavy atom. The Hall–Kier alpha value is -2.48. The predicted molar refractivity (Wildman–Crippen MR) is 98.7 cm³/mol. The second-order valence-electron chi connectivity index (χ2n) is 7.12. The highest BCUT2D eigenvalue weighted by Crippen LogP contribution is 2.28. The van der Waals surface area contributed by atoms with E-state index < -0.39 is 0 Å². The van der Waals surface area contributed by atoms with Gasteiger partial charge < -0.3 is 19.9 Å². The van der Waals surface area contributed by atoms with E-state index in [2.05, 4.69) is 24.8 Å². The van der Waals surface area contributed by atoms with Crippen LogP contribution in [0.5, 0.6) is 0 Å². The summed E-state index contributed by atoms with van der Waals surface area (Å²) in [5.74, 6) is 2.57. The Bertz CT molecular complexity index is 830. The zero-order valence-electron chi connectivity index (χ0n) is 14.9. The standard InChI is InChI=1S/C18H24N6O2/c1-12-20-15(10-17(26)21-12)13-3-7-23(8-4-13)18-19-6-2-16(22-18)24-9-5-14(25)11-24/h2,6,10,13-14,25H,3-5,7-9,11H2,1H3,(H,20,21,26)/t14-/m0/s1. The summed E-state index contributed by atoms with van der Waals surface area (Å²) in [5, 5.41) is 9.73. The number of H-pyrrole nitrogens is 1. The molecule has 0 radical (unpaired) electrons. The number of nitrogens with one attached hydrogen (secondary N) is 1. The molecular formula is C18H24N6O2. The lowest BCUT2D eigenvalue weighted by Gasteiger charge is -2.32. The van der Waals surface area contributed by atoms with Gasteiger partial charge in [-0.2, -0.15) is 4.98 Å². The van der Waals surface area contributed by atoms with Crippen LogP contribution in [0.1, 0.15) is 36.7 Å². The summed E-state index contributed by atoms with van der Waals surface area (Å²) >= 11 is 0. The van der Waals surface area contributed by atoms with Crippen LogP contribution >= 0.6 is 0 Å². The smallest absolute Gasteiger partial charge is 0.251 e. The lowest BCUT2D eigenvalue weighted by Crippen LogP contribution is -2.35. The van der Waals surface area contributed by atoms with Gasteiger partial charge in [-0.3, -0.25) is 4.79 Å². The van der Waals surface area contributed by atoms with E-state index in [9.17, 15) is 9.90 Å². The Morgan fingerprint density at radius 3 is 2.62 bits per heavy atom. The van der Waals surface area contributed by atoms with Gasteiger partial charge in [-0.1, -0.05) is 0 Å². The minimum absolute atomic E-state index is 0.0845. The number of hydrogen-bond acceptors (Lipinski definition) is 7. The topological polar surface area (TPSA) is 98.2 Å². The third-order valence-electron chi connectivity index (χ3n) is 5.19. The van der Waals surface area contributed by atoms with E-state index in [0.29, 0.717) is 18.3 Å². The number of piperidine rings is 1. The van der Waals surface area contributed by atoms with E-state index in [4.69, 9.17) is 4.98 Å². The number of aromatic amines is 1. The Morgan fingerprint density at radius 2 is 1.92 bits per heavy atom. The van der Waals surface area contributed by atoms with Gasteiger partial charge in [0, 0.05) is 44.4 Å². The molecule has 0 amide bonds. The molecule has 0 aromatic carbocycles. The summed E-state index contributed by atoms with van der Waals surface area (Å²) in [4.78, 5) is 32.3. The van der Waals surface area contributed by atoms with Crippen molar-refractivity contribution in [2.24, 2.45) is 0 Å². The van der Waals surface area contributed by atoms with E-state index in [0.717, 1.165) is 56.4 Å². The number of aliphatic hydroxyl groups excluding tert-OH is 1. The highest BCUT2D eigenvalue weighted by atomic mass is 16.3. The summed E-state index contributed by atoms with van der Waals surface area (Å²) in [5.41, 5.74) is 0.797. The molecule has 0 saturated carbocycles. The molecular weight excluding hydrogens is 332 g/mol. The van der Waals surface area contributed by atoms with Crippen molar-refractivity contribution < 1.29 is 5.11 Å². The number of rotatable bonds is 3. The monoisotopic (exact) mass is 356 g/mol. The van der Waals surface area contributed by atoms with Gasteiger partial charge in [-0.25, -0.2) is 9.97 Å². The van der Waals surface area contributed by atoms with Crippen LogP contribution in [0, 0.1) is 6.92 Å². The summed E-state index contributed by atoms with van der Waals surface area (Å²) in [6.07, 6.45) is 4.15. The molecule has 0 spiro atoms.